The van der Waals surface area contributed by atoms with Crippen LogP contribution in [0.3, 0.4) is 0 Å². The van der Waals surface area contributed by atoms with Crippen LogP contribution >= 0.6 is 0 Å². The molecule has 8 nitrogen and oxygen atoms in total. The minimum atomic E-state index is -0.521. The zero-order valence-corrected chi connectivity index (χ0v) is 18.6. The monoisotopic (exact) mass is 385 g/mol. The second-order valence-electron chi connectivity index (χ2n) is 8.60. The van der Waals surface area contributed by atoms with E-state index in [-0.39, 0.29) is 24.1 Å². The summed E-state index contributed by atoms with van der Waals surface area (Å²) in [6.45, 7) is 15.2. The van der Waals surface area contributed by atoms with E-state index in [0.29, 0.717) is 25.6 Å². The number of nitrogens with zero attached hydrogens (tertiary/aromatic N) is 3. The largest absolute Gasteiger partial charge is 0.444 e. The molecule has 0 saturated carbocycles. The highest BCUT2D eigenvalue weighted by Crippen LogP contribution is 2.10. The van der Waals surface area contributed by atoms with E-state index in [9.17, 15) is 9.59 Å². The maximum absolute atomic E-state index is 12.3. The molecule has 158 valence electrons. The molecule has 0 aliphatic rings. The molecule has 0 aromatic heterocycles. The fraction of sp³-hybridized carbons (Fsp3) is 0.842. The fourth-order valence-electron chi connectivity index (χ4n) is 2.33. The Labute approximate surface area is 164 Å². The first-order valence-electron chi connectivity index (χ1n) is 9.49. The molecule has 2 amide bonds. The normalized spacial score (nSPS) is 12.4. The predicted molar refractivity (Wildman–Crippen MR) is 110 cm³/mol. The molecule has 0 saturated heterocycles. The highest BCUT2D eigenvalue weighted by Gasteiger charge is 2.22. The van der Waals surface area contributed by atoms with Crippen molar-refractivity contribution < 1.29 is 14.3 Å². The Balaban J connectivity index is 4.62. The van der Waals surface area contributed by atoms with Crippen LogP contribution in [0, 0.1) is 0 Å². The van der Waals surface area contributed by atoms with E-state index in [1.54, 1.807) is 23.9 Å². The van der Waals surface area contributed by atoms with Crippen LogP contribution in [0.15, 0.2) is 4.99 Å². The van der Waals surface area contributed by atoms with E-state index in [1.165, 1.54) is 0 Å². The molecule has 0 aromatic rings. The van der Waals surface area contributed by atoms with Gasteiger partial charge in [-0.15, -0.1) is 0 Å². The predicted octanol–water partition coefficient (Wildman–Crippen LogP) is 2.06. The van der Waals surface area contributed by atoms with Gasteiger partial charge in [0.2, 0.25) is 5.91 Å². The lowest BCUT2D eigenvalue weighted by molar-refractivity contribution is -0.122. The summed E-state index contributed by atoms with van der Waals surface area (Å²) in [7, 11) is 3.47. The molecule has 0 aromatic carbocycles. The molecule has 0 atom stereocenters. The van der Waals surface area contributed by atoms with Crippen molar-refractivity contribution in [2.75, 3.05) is 40.3 Å². The first-order chi connectivity index (χ1) is 12.3. The molecule has 8 heteroatoms. The quantitative estimate of drug-likeness (QED) is 0.517. The number of ether oxygens (including phenoxy) is 1. The number of amides is 2. The molecule has 0 aliphatic heterocycles. The van der Waals surface area contributed by atoms with Crippen LogP contribution in [-0.4, -0.2) is 79.2 Å². The van der Waals surface area contributed by atoms with Crippen molar-refractivity contribution in [3.63, 3.8) is 0 Å². The van der Waals surface area contributed by atoms with Gasteiger partial charge in [-0.3, -0.25) is 9.79 Å². The Bertz CT molecular complexity index is 506. The van der Waals surface area contributed by atoms with Gasteiger partial charge in [-0.25, -0.2) is 4.79 Å². The number of likely N-dealkylation sites (N-methyl/N-ethyl adjacent to an activating group) is 1. The molecule has 0 radical (unpaired) electrons. The van der Waals surface area contributed by atoms with Gasteiger partial charge in [-0.1, -0.05) is 6.92 Å². The lowest BCUT2D eigenvalue weighted by atomic mass is 10.1. The summed E-state index contributed by atoms with van der Waals surface area (Å²) in [5, 5.41) is 6.11. The molecule has 0 fully saturated rings. The van der Waals surface area contributed by atoms with Crippen molar-refractivity contribution in [2.45, 2.75) is 66.0 Å². The number of rotatable bonds is 7. The van der Waals surface area contributed by atoms with Gasteiger partial charge in [0, 0.05) is 39.3 Å². The van der Waals surface area contributed by atoms with E-state index in [4.69, 9.17) is 4.74 Å². The van der Waals surface area contributed by atoms with Gasteiger partial charge in [0.05, 0.1) is 6.54 Å². The van der Waals surface area contributed by atoms with Gasteiger partial charge >= 0.3 is 6.09 Å². The summed E-state index contributed by atoms with van der Waals surface area (Å²) < 4.78 is 5.45. The summed E-state index contributed by atoms with van der Waals surface area (Å²) in [5.41, 5.74) is -0.796. The molecular weight excluding hydrogens is 346 g/mol. The van der Waals surface area contributed by atoms with Gasteiger partial charge in [0.15, 0.2) is 5.96 Å². The minimum absolute atomic E-state index is 0.0747. The molecule has 0 heterocycles. The SMILES string of the molecule is CCCN(CCNC(=NC)N(C)CC(=O)NC(C)(C)C)C(=O)OC(C)(C)C. The van der Waals surface area contributed by atoms with E-state index >= 15 is 0 Å². The van der Waals surface area contributed by atoms with Crippen molar-refractivity contribution in [3.05, 3.63) is 0 Å². The molecular formula is C19H39N5O3. The highest BCUT2D eigenvalue weighted by molar-refractivity contribution is 5.86. The number of carbonyl (C=O) groups excluding carboxylic acids is 2. The third kappa shape index (κ3) is 12.1. The van der Waals surface area contributed by atoms with Crippen LogP contribution in [0.4, 0.5) is 4.79 Å². The molecule has 0 spiro atoms. The Morgan fingerprint density at radius 3 is 2.11 bits per heavy atom. The number of hydrogen-bond acceptors (Lipinski definition) is 4. The summed E-state index contributed by atoms with van der Waals surface area (Å²) >= 11 is 0. The van der Waals surface area contributed by atoms with Crippen LogP contribution in [0.2, 0.25) is 0 Å². The first-order valence-corrected chi connectivity index (χ1v) is 9.49. The third-order valence-corrected chi connectivity index (χ3v) is 3.28. The number of carbonyl (C=O) groups is 2. The smallest absolute Gasteiger partial charge is 0.410 e. The van der Waals surface area contributed by atoms with Gasteiger partial charge in [-0.05, 0) is 48.0 Å². The van der Waals surface area contributed by atoms with Crippen molar-refractivity contribution in [1.29, 1.82) is 0 Å². The van der Waals surface area contributed by atoms with E-state index in [0.717, 1.165) is 6.42 Å². The Hall–Kier alpha value is -1.99. The van der Waals surface area contributed by atoms with Gasteiger partial charge in [0.25, 0.3) is 0 Å². The van der Waals surface area contributed by atoms with Gasteiger partial charge in [-0.2, -0.15) is 0 Å². The second-order valence-corrected chi connectivity index (χ2v) is 8.60. The fourth-order valence-corrected chi connectivity index (χ4v) is 2.33. The number of nitrogens with one attached hydrogen (secondary N) is 2. The highest BCUT2D eigenvalue weighted by atomic mass is 16.6. The maximum Gasteiger partial charge on any atom is 0.410 e. The number of aliphatic imine (C=N–C) groups is 1. The molecule has 0 aliphatic carbocycles. The molecule has 2 N–H and O–H groups in total. The van der Waals surface area contributed by atoms with Crippen molar-refractivity contribution in [1.82, 2.24) is 20.4 Å². The third-order valence-electron chi connectivity index (χ3n) is 3.28. The van der Waals surface area contributed by atoms with Gasteiger partial charge in [0.1, 0.15) is 5.60 Å². The van der Waals surface area contributed by atoms with Crippen molar-refractivity contribution >= 4 is 18.0 Å². The first kappa shape index (κ1) is 25.0. The van der Waals surface area contributed by atoms with Crippen molar-refractivity contribution in [3.8, 4) is 0 Å². The van der Waals surface area contributed by atoms with Crippen LogP contribution in [0.5, 0.6) is 0 Å². The zero-order valence-electron chi connectivity index (χ0n) is 18.6. The van der Waals surface area contributed by atoms with Crippen LogP contribution < -0.4 is 10.6 Å². The van der Waals surface area contributed by atoms with Crippen LogP contribution in [0.1, 0.15) is 54.9 Å². The topological polar surface area (TPSA) is 86.3 Å². The van der Waals surface area contributed by atoms with E-state index < -0.39 is 5.60 Å². The standard InChI is InChI=1S/C19H39N5O3/c1-10-12-24(17(26)27-19(5,6)7)13-11-21-16(20-8)23(9)14-15(25)22-18(2,3)4/h10-14H2,1-9H3,(H,20,21)(H,22,25). The molecule has 0 unspecified atom stereocenters. The Morgan fingerprint density at radius 1 is 1.07 bits per heavy atom. The minimum Gasteiger partial charge on any atom is -0.444 e. The number of hydrogen-bond donors (Lipinski definition) is 2. The Morgan fingerprint density at radius 2 is 1.67 bits per heavy atom. The summed E-state index contributed by atoms with van der Waals surface area (Å²) in [4.78, 5) is 32.0. The zero-order chi connectivity index (χ0) is 21.3. The molecule has 27 heavy (non-hydrogen) atoms. The Kier molecular flexibility index (Phi) is 10.2. The average molecular weight is 386 g/mol. The lowest BCUT2D eigenvalue weighted by Gasteiger charge is -2.28. The summed E-state index contributed by atoms with van der Waals surface area (Å²) in [5.74, 6) is 0.522. The number of guanidine groups is 1. The lowest BCUT2D eigenvalue weighted by Crippen LogP contribution is -2.50. The maximum atomic E-state index is 12.3. The van der Waals surface area contributed by atoms with Crippen LogP contribution in [0.25, 0.3) is 0 Å². The van der Waals surface area contributed by atoms with E-state index in [2.05, 4.69) is 15.6 Å². The summed E-state index contributed by atoms with van der Waals surface area (Å²) in [6, 6.07) is 0. The molecule has 0 bridgehead atoms. The van der Waals surface area contributed by atoms with Crippen molar-refractivity contribution in [2.24, 2.45) is 4.99 Å². The molecule has 0 rings (SSSR count). The van der Waals surface area contributed by atoms with Gasteiger partial charge < -0.3 is 25.2 Å². The second kappa shape index (κ2) is 11.0. The summed E-state index contributed by atoms with van der Waals surface area (Å²) in [6.07, 6.45) is 0.528. The average Bonchev–Trinajstić information content (AvgIpc) is 2.46. The van der Waals surface area contributed by atoms with E-state index in [1.807, 2.05) is 48.5 Å². The van der Waals surface area contributed by atoms with Crippen LogP contribution in [-0.2, 0) is 9.53 Å².